The Kier molecular flexibility index (Phi) is 5.48. The minimum atomic E-state index is -0.0878. The zero-order valence-corrected chi connectivity index (χ0v) is 12.1. The van der Waals surface area contributed by atoms with E-state index in [0.29, 0.717) is 0 Å². The zero-order valence-electron chi connectivity index (χ0n) is 12.1. The number of hydrogen-bond acceptors (Lipinski definition) is 3. The first-order valence-corrected chi connectivity index (χ1v) is 6.65. The third-order valence-electron chi connectivity index (χ3n) is 3.31. The van der Waals surface area contributed by atoms with Gasteiger partial charge in [-0.15, -0.1) is 0 Å². The van der Waals surface area contributed by atoms with Crippen molar-refractivity contribution in [1.29, 1.82) is 0 Å². The molecule has 0 amide bonds. The Balaban J connectivity index is 2.75. The molecule has 0 bridgehead atoms. The Morgan fingerprint density at radius 1 is 1.22 bits per heavy atom. The number of nitrogen functional groups attached to an aromatic ring is 1. The molecule has 0 radical (unpaired) electrons. The maximum absolute atomic E-state index is 6.05. The van der Waals surface area contributed by atoms with Gasteiger partial charge < -0.3 is 15.4 Å². The fourth-order valence-corrected chi connectivity index (χ4v) is 1.90. The smallest absolute Gasteiger partial charge is 0.0639 e. The van der Waals surface area contributed by atoms with Crippen molar-refractivity contribution in [2.75, 3.05) is 30.8 Å². The van der Waals surface area contributed by atoms with Gasteiger partial charge >= 0.3 is 0 Å². The lowest BCUT2D eigenvalue weighted by Crippen LogP contribution is -2.33. The van der Waals surface area contributed by atoms with Gasteiger partial charge in [0.1, 0.15) is 0 Å². The molecule has 0 saturated heterocycles. The molecule has 2 N–H and O–H groups in total. The van der Waals surface area contributed by atoms with Crippen molar-refractivity contribution in [2.24, 2.45) is 0 Å². The summed E-state index contributed by atoms with van der Waals surface area (Å²) in [7, 11) is 1.76. The number of anilines is 2. The van der Waals surface area contributed by atoms with E-state index in [4.69, 9.17) is 10.5 Å². The highest BCUT2D eigenvalue weighted by Gasteiger charge is 2.18. The quantitative estimate of drug-likeness (QED) is 0.755. The lowest BCUT2D eigenvalue weighted by atomic mass is 10.0. The molecule has 0 aliphatic heterocycles. The summed E-state index contributed by atoms with van der Waals surface area (Å²) in [5.41, 5.74) is 7.94. The molecule has 1 rings (SSSR count). The van der Waals surface area contributed by atoms with Crippen LogP contribution in [0.4, 0.5) is 11.4 Å². The van der Waals surface area contributed by atoms with Crippen molar-refractivity contribution in [3.63, 3.8) is 0 Å². The van der Waals surface area contributed by atoms with Crippen molar-refractivity contribution in [3.05, 3.63) is 24.3 Å². The fourth-order valence-electron chi connectivity index (χ4n) is 1.90. The van der Waals surface area contributed by atoms with Crippen LogP contribution in [0.2, 0.25) is 0 Å². The Bertz CT molecular complexity index is 363. The largest absolute Gasteiger partial charge is 0.397 e. The average molecular weight is 250 g/mol. The van der Waals surface area contributed by atoms with Gasteiger partial charge in [-0.2, -0.15) is 0 Å². The maximum Gasteiger partial charge on any atom is 0.0639 e. The molecule has 0 unspecified atom stereocenters. The zero-order chi connectivity index (χ0) is 13.6. The van der Waals surface area contributed by atoms with E-state index in [2.05, 4.69) is 31.7 Å². The van der Waals surface area contributed by atoms with Crippen LogP contribution in [0.25, 0.3) is 0 Å². The summed E-state index contributed by atoms with van der Waals surface area (Å²) in [6.07, 6.45) is 2.10. The molecule has 0 aliphatic rings. The fraction of sp³-hybridized carbons (Fsp3) is 0.600. The Morgan fingerprint density at radius 3 is 2.44 bits per heavy atom. The van der Waals surface area contributed by atoms with E-state index in [1.165, 1.54) is 0 Å². The molecule has 1 aromatic rings. The summed E-state index contributed by atoms with van der Waals surface area (Å²) in [6.45, 7) is 8.40. The SMILES string of the molecule is CCCN(CCC(C)(C)OC)c1ccccc1N. The second-order valence-corrected chi connectivity index (χ2v) is 5.26. The number of nitrogens with two attached hydrogens (primary N) is 1. The molecule has 0 aliphatic carbocycles. The molecule has 0 heterocycles. The minimum absolute atomic E-state index is 0.0878. The predicted octanol–water partition coefficient (Wildman–Crippen LogP) is 3.30. The molecular formula is C15H26N2O. The van der Waals surface area contributed by atoms with E-state index < -0.39 is 0 Å². The van der Waals surface area contributed by atoms with E-state index >= 15 is 0 Å². The third kappa shape index (κ3) is 4.22. The molecular weight excluding hydrogens is 224 g/mol. The number of para-hydroxylation sites is 2. The second kappa shape index (κ2) is 6.64. The van der Waals surface area contributed by atoms with Gasteiger partial charge in [-0.05, 0) is 38.8 Å². The van der Waals surface area contributed by atoms with E-state index in [0.717, 1.165) is 37.3 Å². The Morgan fingerprint density at radius 2 is 1.89 bits per heavy atom. The molecule has 0 atom stereocenters. The highest BCUT2D eigenvalue weighted by atomic mass is 16.5. The van der Waals surface area contributed by atoms with Crippen LogP contribution < -0.4 is 10.6 Å². The van der Waals surface area contributed by atoms with Crippen LogP contribution in [0.5, 0.6) is 0 Å². The normalized spacial score (nSPS) is 11.6. The van der Waals surface area contributed by atoms with Gasteiger partial charge in [0.05, 0.1) is 17.0 Å². The van der Waals surface area contributed by atoms with E-state index in [-0.39, 0.29) is 5.60 Å². The number of benzene rings is 1. The van der Waals surface area contributed by atoms with Crippen LogP contribution in [-0.4, -0.2) is 25.8 Å². The van der Waals surface area contributed by atoms with Gasteiger partial charge in [0, 0.05) is 20.2 Å². The molecule has 0 fully saturated rings. The summed E-state index contributed by atoms with van der Waals surface area (Å²) in [5.74, 6) is 0. The summed E-state index contributed by atoms with van der Waals surface area (Å²) >= 11 is 0. The lowest BCUT2D eigenvalue weighted by molar-refractivity contribution is 0.0172. The number of hydrogen-bond donors (Lipinski definition) is 1. The van der Waals surface area contributed by atoms with Crippen LogP contribution in [-0.2, 0) is 4.74 Å². The first-order valence-electron chi connectivity index (χ1n) is 6.65. The molecule has 1 aromatic carbocycles. The molecule has 3 nitrogen and oxygen atoms in total. The third-order valence-corrected chi connectivity index (χ3v) is 3.31. The van der Waals surface area contributed by atoms with Crippen molar-refractivity contribution in [3.8, 4) is 0 Å². The maximum atomic E-state index is 6.05. The van der Waals surface area contributed by atoms with Gasteiger partial charge in [0.2, 0.25) is 0 Å². The molecule has 0 spiro atoms. The number of nitrogens with zero attached hydrogens (tertiary/aromatic N) is 1. The highest BCUT2D eigenvalue weighted by Crippen LogP contribution is 2.24. The van der Waals surface area contributed by atoms with Crippen LogP contribution >= 0.6 is 0 Å². The monoisotopic (exact) mass is 250 g/mol. The van der Waals surface area contributed by atoms with Crippen molar-refractivity contribution >= 4 is 11.4 Å². The standard InChI is InChI=1S/C15H26N2O/c1-5-11-17(12-10-15(2,3)18-4)14-9-7-6-8-13(14)16/h6-9H,5,10-12,16H2,1-4H3. The van der Waals surface area contributed by atoms with Crippen LogP contribution in [0, 0.1) is 0 Å². The molecule has 102 valence electrons. The highest BCUT2D eigenvalue weighted by molar-refractivity contribution is 5.67. The molecule has 0 aromatic heterocycles. The Labute approximate surface area is 111 Å². The van der Waals surface area contributed by atoms with E-state index in [1.54, 1.807) is 7.11 Å². The average Bonchev–Trinajstić information content (AvgIpc) is 2.35. The van der Waals surface area contributed by atoms with Crippen molar-refractivity contribution in [1.82, 2.24) is 0 Å². The van der Waals surface area contributed by atoms with Crippen molar-refractivity contribution < 1.29 is 4.74 Å². The first-order chi connectivity index (χ1) is 8.50. The number of ether oxygens (including phenoxy) is 1. The van der Waals surface area contributed by atoms with E-state index in [9.17, 15) is 0 Å². The molecule has 18 heavy (non-hydrogen) atoms. The summed E-state index contributed by atoms with van der Waals surface area (Å²) in [4.78, 5) is 2.34. The predicted molar refractivity (Wildman–Crippen MR) is 79.1 cm³/mol. The molecule has 3 heteroatoms. The lowest BCUT2D eigenvalue weighted by Gasteiger charge is -2.30. The summed E-state index contributed by atoms with van der Waals surface area (Å²) < 4.78 is 5.47. The van der Waals surface area contributed by atoms with Gasteiger partial charge in [-0.3, -0.25) is 0 Å². The van der Waals surface area contributed by atoms with Gasteiger partial charge in [-0.1, -0.05) is 19.1 Å². The van der Waals surface area contributed by atoms with Gasteiger partial charge in [0.15, 0.2) is 0 Å². The summed E-state index contributed by atoms with van der Waals surface area (Å²) in [6, 6.07) is 8.06. The van der Waals surface area contributed by atoms with E-state index in [1.807, 2.05) is 18.2 Å². The first kappa shape index (κ1) is 14.8. The minimum Gasteiger partial charge on any atom is -0.397 e. The molecule has 0 saturated carbocycles. The van der Waals surface area contributed by atoms with Crippen molar-refractivity contribution in [2.45, 2.75) is 39.2 Å². The number of methoxy groups -OCH3 is 1. The number of rotatable bonds is 7. The van der Waals surface area contributed by atoms with Gasteiger partial charge in [-0.25, -0.2) is 0 Å². The topological polar surface area (TPSA) is 38.5 Å². The van der Waals surface area contributed by atoms with Gasteiger partial charge in [0.25, 0.3) is 0 Å². The van der Waals surface area contributed by atoms with Crippen LogP contribution in [0.15, 0.2) is 24.3 Å². The summed E-state index contributed by atoms with van der Waals surface area (Å²) in [5, 5.41) is 0. The van der Waals surface area contributed by atoms with Crippen LogP contribution in [0.1, 0.15) is 33.6 Å². The van der Waals surface area contributed by atoms with Crippen LogP contribution in [0.3, 0.4) is 0 Å². The second-order valence-electron chi connectivity index (χ2n) is 5.26. The Hall–Kier alpha value is -1.22.